The second-order valence-corrected chi connectivity index (χ2v) is 3.65. The van der Waals surface area contributed by atoms with Gasteiger partial charge in [0, 0.05) is 6.07 Å². The van der Waals surface area contributed by atoms with Gasteiger partial charge < -0.3 is 9.84 Å². The van der Waals surface area contributed by atoms with E-state index in [1.54, 1.807) is 6.07 Å². The predicted octanol–water partition coefficient (Wildman–Crippen LogP) is 1.90. The van der Waals surface area contributed by atoms with Crippen molar-refractivity contribution < 1.29 is 9.84 Å². The van der Waals surface area contributed by atoms with Crippen molar-refractivity contribution in [2.45, 2.75) is 38.4 Å². The van der Waals surface area contributed by atoms with E-state index in [0.29, 0.717) is 17.7 Å². The summed E-state index contributed by atoms with van der Waals surface area (Å²) in [4.78, 5) is 4.18. The lowest BCUT2D eigenvalue weighted by atomic mass is 10.3. The molecule has 0 saturated heterocycles. The highest BCUT2D eigenvalue weighted by molar-refractivity contribution is 5.15. The lowest BCUT2D eigenvalue weighted by Crippen LogP contribution is -2.12. The third-order valence-corrected chi connectivity index (χ3v) is 2.53. The molecule has 1 aromatic heterocycles. The molecule has 0 atom stereocenters. The Bertz CT molecular complexity index is 295. The molecule has 0 aromatic carbocycles. The largest absolute Gasteiger partial charge is 0.474 e. The maximum atomic E-state index is 8.90. The van der Waals surface area contributed by atoms with Crippen LogP contribution in [-0.2, 0) is 6.61 Å². The van der Waals surface area contributed by atoms with Crippen LogP contribution in [0.3, 0.4) is 0 Å². The quantitative estimate of drug-likeness (QED) is 0.797. The molecule has 0 aliphatic heterocycles. The van der Waals surface area contributed by atoms with Crippen LogP contribution in [0, 0.1) is 0 Å². The van der Waals surface area contributed by atoms with E-state index in [9.17, 15) is 0 Å². The zero-order chi connectivity index (χ0) is 9.80. The summed E-state index contributed by atoms with van der Waals surface area (Å²) in [6.45, 7) is -0.0259. The highest BCUT2D eigenvalue weighted by Crippen LogP contribution is 2.22. The monoisotopic (exact) mass is 193 g/mol. The van der Waals surface area contributed by atoms with Gasteiger partial charge in [-0.15, -0.1) is 0 Å². The Morgan fingerprint density at radius 1 is 1.36 bits per heavy atom. The van der Waals surface area contributed by atoms with Crippen LogP contribution in [0.2, 0.25) is 0 Å². The summed E-state index contributed by atoms with van der Waals surface area (Å²) in [5, 5.41) is 8.90. The molecule has 1 heterocycles. The number of pyridine rings is 1. The van der Waals surface area contributed by atoms with Crippen LogP contribution in [0.4, 0.5) is 0 Å². The van der Waals surface area contributed by atoms with Gasteiger partial charge in [0.05, 0.1) is 12.3 Å². The molecule has 0 bridgehead atoms. The first-order valence-electron chi connectivity index (χ1n) is 5.12. The third-order valence-electron chi connectivity index (χ3n) is 2.53. The zero-order valence-corrected chi connectivity index (χ0v) is 8.15. The van der Waals surface area contributed by atoms with E-state index in [4.69, 9.17) is 9.84 Å². The Morgan fingerprint density at radius 2 is 2.14 bits per heavy atom. The Hall–Kier alpha value is -1.09. The van der Waals surface area contributed by atoms with Crippen molar-refractivity contribution in [1.29, 1.82) is 0 Å². The van der Waals surface area contributed by atoms with Gasteiger partial charge in [-0.25, -0.2) is 4.98 Å². The molecular weight excluding hydrogens is 178 g/mol. The Labute approximate surface area is 83.7 Å². The van der Waals surface area contributed by atoms with E-state index in [1.807, 2.05) is 12.1 Å². The lowest BCUT2D eigenvalue weighted by molar-refractivity contribution is 0.198. The highest BCUT2D eigenvalue weighted by Gasteiger charge is 2.16. The average Bonchev–Trinajstić information content (AvgIpc) is 2.71. The van der Waals surface area contributed by atoms with Crippen LogP contribution < -0.4 is 4.74 Å². The first-order valence-corrected chi connectivity index (χ1v) is 5.12. The van der Waals surface area contributed by atoms with E-state index in [1.165, 1.54) is 12.8 Å². The Morgan fingerprint density at radius 3 is 2.86 bits per heavy atom. The molecule has 1 fully saturated rings. The van der Waals surface area contributed by atoms with Crippen molar-refractivity contribution in [2.24, 2.45) is 0 Å². The van der Waals surface area contributed by atoms with E-state index >= 15 is 0 Å². The molecule has 76 valence electrons. The van der Waals surface area contributed by atoms with Crippen LogP contribution >= 0.6 is 0 Å². The molecule has 0 unspecified atom stereocenters. The van der Waals surface area contributed by atoms with Gasteiger partial charge >= 0.3 is 0 Å². The van der Waals surface area contributed by atoms with Crippen LogP contribution in [0.5, 0.6) is 5.88 Å². The number of nitrogens with zero attached hydrogens (tertiary/aromatic N) is 1. The smallest absolute Gasteiger partial charge is 0.213 e. The average molecular weight is 193 g/mol. The van der Waals surface area contributed by atoms with E-state index in [-0.39, 0.29) is 6.61 Å². The summed E-state index contributed by atoms with van der Waals surface area (Å²) in [6, 6.07) is 5.50. The molecule has 0 radical (unpaired) electrons. The number of aliphatic hydroxyl groups is 1. The predicted molar refractivity (Wildman–Crippen MR) is 53.0 cm³/mol. The van der Waals surface area contributed by atoms with Gasteiger partial charge in [-0.1, -0.05) is 6.07 Å². The fraction of sp³-hybridized carbons (Fsp3) is 0.545. The SMILES string of the molecule is OCc1cccc(OC2CCCC2)n1. The van der Waals surface area contributed by atoms with Gasteiger partial charge in [0.1, 0.15) is 6.10 Å². The molecule has 3 nitrogen and oxygen atoms in total. The molecule has 0 amide bonds. The molecule has 2 rings (SSSR count). The van der Waals surface area contributed by atoms with Gasteiger partial charge in [-0.3, -0.25) is 0 Å². The molecule has 1 aromatic rings. The van der Waals surface area contributed by atoms with Crippen LogP contribution in [-0.4, -0.2) is 16.2 Å². The molecule has 0 spiro atoms. The molecule has 14 heavy (non-hydrogen) atoms. The number of hydrogen-bond donors (Lipinski definition) is 1. The van der Waals surface area contributed by atoms with Crippen LogP contribution in [0.15, 0.2) is 18.2 Å². The summed E-state index contributed by atoms with van der Waals surface area (Å²) in [7, 11) is 0. The molecule has 1 N–H and O–H groups in total. The number of aliphatic hydroxyl groups excluding tert-OH is 1. The van der Waals surface area contributed by atoms with Gasteiger partial charge in [-0.05, 0) is 31.7 Å². The summed E-state index contributed by atoms with van der Waals surface area (Å²) in [5.41, 5.74) is 0.667. The van der Waals surface area contributed by atoms with Crippen molar-refractivity contribution in [3.05, 3.63) is 23.9 Å². The van der Waals surface area contributed by atoms with Gasteiger partial charge in [0.2, 0.25) is 5.88 Å². The van der Waals surface area contributed by atoms with E-state index in [0.717, 1.165) is 12.8 Å². The second-order valence-electron chi connectivity index (χ2n) is 3.65. The maximum absolute atomic E-state index is 8.90. The van der Waals surface area contributed by atoms with Gasteiger partial charge in [0.25, 0.3) is 0 Å². The van der Waals surface area contributed by atoms with Crippen molar-refractivity contribution in [1.82, 2.24) is 4.98 Å². The first-order chi connectivity index (χ1) is 6.88. The van der Waals surface area contributed by atoms with Gasteiger partial charge in [0.15, 0.2) is 0 Å². The number of ether oxygens (including phenoxy) is 1. The minimum Gasteiger partial charge on any atom is -0.474 e. The summed E-state index contributed by atoms with van der Waals surface area (Å²) in [5.74, 6) is 0.642. The fourth-order valence-corrected chi connectivity index (χ4v) is 1.79. The van der Waals surface area contributed by atoms with Crippen molar-refractivity contribution >= 4 is 0 Å². The topological polar surface area (TPSA) is 42.4 Å². The van der Waals surface area contributed by atoms with Crippen molar-refractivity contribution in [2.75, 3.05) is 0 Å². The summed E-state index contributed by atoms with van der Waals surface area (Å²) in [6.07, 6.45) is 5.10. The van der Waals surface area contributed by atoms with Crippen LogP contribution in [0.1, 0.15) is 31.4 Å². The summed E-state index contributed by atoms with van der Waals surface area (Å²) >= 11 is 0. The number of aromatic nitrogens is 1. The number of hydrogen-bond acceptors (Lipinski definition) is 3. The molecule has 3 heteroatoms. The third kappa shape index (κ3) is 2.23. The standard InChI is InChI=1S/C11H15NO2/c13-8-9-4-3-7-11(12-9)14-10-5-1-2-6-10/h3-4,7,10,13H,1-2,5-6,8H2. The maximum Gasteiger partial charge on any atom is 0.213 e. The normalized spacial score (nSPS) is 17.2. The zero-order valence-electron chi connectivity index (χ0n) is 8.15. The van der Waals surface area contributed by atoms with Crippen molar-refractivity contribution in [3.63, 3.8) is 0 Å². The molecule has 1 aliphatic carbocycles. The summed E-state index contributed by atoms with van der Waals surface area (Å²) < 4.78 is 5.70. The molecule has 1 aliphatic rings. The second kappa shape index (κ2) is 4.42. The minimum absolute atomic E-state index is 0.0259. The highest BCUT2D eigenvalue weighted by atomic mass is 16.5. The molecule has 1 saturated carbocycles. The molecular formula is C11H15NO2. The van der Waals surface area contributed by atoms with Crippen LogP contribution in [0.25, 0.3) is 0 Å². The van der Waals surface area contributed by atoms with E-state index < -0.39 is 0 Å². The lowest BCUT2D eigenvalue weighted by Gasteiger charge is -2.12. The Balaban J connectivity index is 2.00. The fourth-order valence-electron chi connectivity index (χ4n) is 1.79. The van der Waals surface area contributed by atoms with E-state index in [2.05, 4.69) is 4.98 Å². The van der Waals surface area contributed by atoms with Crippen molar-refractivity contribution in [3.8, 4) is 5.88 Å². The Kier molecular flexibility index (Phi) is 2.99. The minimum atomic E-state index is -0.0259. The first kappa shape index (κ1) is 9.46. The number of rotatable bonds is 3. The van der Waals surface area contributed by atoms with Gasteiger partial charge in [-0.2, -0.15) is 0 Å².